The maximum atomic E-state index is 12.8. The molecule has 0 spiro atoms. The molecule has 0 saturated heterocycles. The Hall–Kier alpha value is -2.05. The summed E-state index contributed by atoms with van der Waals surface area (Å²) < 4.78 is 0. The summed E-state index contributed by atoms with van der Waals surface area (Å²) in [6, 6.07) is 8.08. The van der Waals surface area contributed by atoms with Gasteiger partial charge in [-0.3, -0.25) is 9.78 Å². The number of carbonyl (C=O) groups is 1. The lowest BCUT2D eigenvalue weighted by Gasteiger charge is -2.20. The Morgan fingerprint density at radius 2 is 2.04 bits per heavy atom. The summed E-state index contributed by atoms with van der Waals surface area (Å²) in [6.45, 7) is 5.47. The van der Waals surface area contributed by atoms with Gasteiger partial charge in [0, 0.05) is 30.4 Å². The SMILES string of the molecule is CCN(CCc1ccncc1)C(=O)Cc1sc(C)nc1-c1cccs1. The number of aryl methyl sites for hydroxylation is 1. The van der Waals surface area contributed by atoms with Gasteiger partial charge in [0.1, 0.15) is 0 Å². The van der Waals surface area contributed by atoms with Crippen LogP contribution in [0, 0.1) is 6.92 Å². The normalized spacial score (nSPS) is 10.8. The summed E-state index contributed by atoms with van der Waals surface area (Å²) in [5.41, 5.74) is 2.17. The molecule has 0 aromatic carbocycles. The van der Waals surface area contributed by atoms with Crippen LogP contribution in [0.25, 0.3) is 10.6 Å². The van der Waals surface area contributed by atoms with E-state index in [1.807, 2.05) is 42.3 Å². The number of likely N-dealkylation sites (N-methyl/N-ethyl adjacent to an activating group) is 1. The van der Waals surface area contributed by atoms with E-state index in [-0.39, 0.29) is 5.91 Å². The molecular formula is C19H21N3OS2. The van der Waals surface area contributed by atoms with E-state index in [4.69, 9.17) is 0 Å². The van der Waals surface area contributed by atoms with Crippen molar-refractivity contribution in [3.8, 4) is 10.6 Å². The molecule has 0 aliphatic heterocycles. The van der Waals surface area contributed by atoms with Crippen LogP contribution in [0.1, 0.15) is 22.4 Å². The lowest BCUT2D eigenvalue weighted by molar-refractivity contribution is -0.130. The van der Waals surface area contributed by atoms with Gasteiger partial charge in [0.25, 0.3) is 0 Å². The molecule has 0 fully saturated rings. The van der Waals surface area contributed by atoms with Crippen LogP contribution in [0.3, 0.4) is 0 Å². The molecule has 3 aromatic heterocycles. The molecule has 0 bridgehead atoms. The highest BCUT2D eigenvalue weighted by Crippen LogP contribution is 2.31. The van der Waals surface area contributed by atoms with Gasteiger partial charge in [0.15, 0.2) is 0 Å². The third-order valence-corrected chi connectivity index (χ3v) is 5.87. The number of amides is 1. The summed E-state index contributed by atoms with van der Waals surface area (Å²) in [7, 11) is 0. The number of thiophene rings is 1. The molecule has 4 nitrogen and oxygen atoms in total. The second kappa shape index (κ2) is 8.36. The molecular weight excluding hydrogens is 350 g/mol. The molecule has 6 heteroatoms. The molecule has 3 heterocycles. The first-order valence-corrected chi connectivity index (χ1v) is 10.0. The molecule has 0 atom stereocenters. The number of carbonyl (C=O) groups excluding carboxylic acids is 1. The Morgan fingerprint density at radius 3 is 2.72 bits per heavy atom. The molecule has 0 saturated carbocycles. The van der Waals surface area contributed by atoms with E-state index in [9.17, 15) is 4.79 Å². The predicted octanol–water partition coefficient (Wildman–Crippen LogP) is 4.21. The highest BCUT2D eigenvalue weighted by atomic mass is 32.1. The average Bonchev–Trinajstić information content (AvgIpc) is 3.26. The summed E-state index contributed by atoms with van der Waals surface area (Å²) in [4.78, 5) is 25.6. The fraction of sp³-hybridized carbons (Fsp3) is 0.316. The smallest absolute Gasteiger partial charge is 0.227 e. The fourth-order valence-electron chi connectivity index (χ4n) is 2.72. The van der Waals surface area contributed by atoms with Gasteiger partial charge in [0.2, 0.25) is 5.91 Å². The second-order valence-corrected chi connectivity index (χ2v) is 7.97. The minimum atomic E-state index is 0.165. The monoisotopic (exact) mass is 371 g/mol. The van der Waals surface area contributed by atoms with Crippen molar-refractivity contribution in [2.24, 2.45) is 0 Å². The maximum Gasteiger partial charge on any atom is 0.227 e. The number of rotatable bonds is 7. The Labute approximate surface area is 156 Å². The highest BCUT2D eigenvalue weighted by molar-refractivity contribution is 7.15. The number of aromatic nitrogens is 2. The largest absolute Gasteiger partial charge is 0.342 e. The summed E-state index contributed by atoms with van der Waals surface area (Å²) in [6.07, 6.45) is 4.85. The predicted molar refractivity (Wildman–Crippen MR) is 104 cm³/mol. The van der Waals surface area contributed by atoms with Gasteiger partial charge in [-0.2, -0.15) is 0 Å². The zero-order valence-corrected chi connectivity index (χ0v) is 16.1. The molecule has 25 heavy (non-hydrogen) atoms. The van der Waals surface area contributed by atoms with Crippen molar-refractivity contribution in [2.45, 2.75) is 26.7 Å². The highest BCUT2D eigenvalue weighted by Gasteiger charge is 2.18. The number of thiazole rings is 1. The topological polar surface area (TPSA) is 46.1 Å². The van der Waals surface area contributed by atoms with Gasteiger partial charge in [-0.25, -0.2) is 4.98 Å². The number of nitrogens with zero attached hydrogens (tertiary/aromatic N) is 3. The van der Waals surface area contributed by atoms with Gasteiger partial charge in [-0.15, -0.1) is 22.7 Å². The van der Waals surface area contributed by atoms with E-state index in [2.05, 4.69) is 16.0 Å². The zero-order chi connectivity index (χ0) is 17.6. The van der Waals surface area contributed by atoms with Crippen LogP contribution in [0.15, 0.2) is 42.0 Å². The first-order valence-electron chi connectivity index (χ1n) is 8.34. The van der Waals surface area contributed by atoms with Crippen LogP contribution in [-0.4, -0.2) is 33.9 Å². The van der Waals surface area contributed by atoms with Crippen molar-refractivity contribution < 1.29 is 4.79 Å². The third kappa shape index (κ3) is 4.52. The van der Waals surface area contributed by atoms with E-state index in [1.54, 1.807) is 35.1 Å². The van der Waals surface area contributed by atoms with Gasteiger partial charge >= 0.3 is 0 Å². The van der Waals surface area contributed by atoms with Crippen molar-refractivity contribution in [1.29, 1.82) is 0 Å². The number of hydrogen-bond acceptors (Lipinski definition) is 5. The molecule has 3 rings (SSSR count). The molecule has 0 radical (unpaired) electrons. The van der Waals surface area contributed by atoms with Gasteiger partial charge < -0.3 is 4.90 Å². The molecule has 130 valence electrons. The van der Waals surface area contributed by atoms with Crippen molar-refractivity contribution in [3.05, 3.63) is 57.5 Å². The van der Waals surface area contributed by atoms with Crippen molar-refractivity contribution in [2.75, 3.05) is 13.1 Å². The Balaban J connectivity index is 1.68. The molecule has 0 aliphatic rings. The maximum absolute atomic E-state index is 12.8. The van der Waals surface area contributed by atoms with Gasteiger partial charge in [0.05, 0.1) is 22.0 Å². The Kier molecular flexibility index (Phi) is 5.94. The first-order chi connectivity index (χ1) is 12.2. The summed E-state index contributed by atoms with van der Waals surface area (Å²) >= 11 is 3.29. The molecule has 0 aliphatic carbocycles. The van der Waals surface area contributed by atoms with E-state index in [0.29, 0.717) is 6.42 Å². The Morgan fingerprint density at radius 1 is 1.24 bits per heavy atom. The van der Waals surface area contributed by atoms with Crippen LogP contribution in [-0.2, 0) is 17.6 Å². The van der Waals surface area contributed by atoms with Crippen LogP contribution >= 0.6 is 22.7 Å². The van der Waals surface area contributed by atoms with Crippen LogP contribution < -0.4 is 0 Å². The van der Waals surface area contributed by atoms with E-state index in [0.717, 1.165) is 40.0 Å². The van der Waals surface area contributed by atoms with Crippen LogP contribution in [0.4, 0.5) is 0 Å². The Bertz CT molecular complexity index is 813. The molecule has 0 unspecified atom stereocenters. The zero-order valence-electron chi connectivity index (χ0n) is 14.4. The first kappa shape index (κ1) is 17.8. The van der Waals surface area contributed by atoms with Crippen molar-refractivity contribution in [3.63, 3.8) is 0 Å². The summed E-state index contributed by atoms with van der Waals surface area (Å²) in [5.74, 6) is 0.165. The fourth-order valence-corrected chi connectivity index (χ4v) is 4.46. The molecule has 1 amide bonds. The lowest BCUT2D eigenvalue weighted by Crippen LogP contribution is -2.33. The number of pyridine rings is 1. The quantitative estimate of drug-likeness (QED) is 0.625. The van der Waals surface area contributed by atoms with Crippen molar-refractivity contribution in [1.82, 2.24) is 14.9 Å². The lowest BCUT2D eigenvalue weighted by atomic mass is 10.2. The average molecular weight is 372 g/mol. The van der Waals surface area contributed by atoms with Gasteiger partial charge in [-0.1, -0.05) is 6.07 Å². The minimum absolute atomic E-state index is 0.165. The summed E-state index contributed by atoms with van der Waals surface area (Å²) in [5, 5.41) is 3.05. The minimum Gasteiger partial charge on any atom is -0.342 e. The standard InChI is InChI=1S/C19H21N3OS2/c1-3-22(11-8-15-6-9-20-10-7-15)18(23)13-17-19(21-14(2)25-17)16-5-4-12-24-16/h4-7,9-10,12H,3,8,11,13H2,1-2H3. The van der Waals surface area contributed by atoms with Crippen molar-refractivity contribution >= 4 is 28.6 Å². The second-order valence-electron chi connectivity index (χ2n) is 5.74. The number of hydrogen-bond donors (Lipinski definition) is 0. The van der Waals surface area contributed by atoms with E-state index in [1.165, 1.54) is 5.56 Å². The van der Waals surface area contributed by atoms with Crippen LogP contribution in [0.5, 0.6) is 0 Å². The van der Waals surface area contributed by atoms with E-state index >= 15 is 0 Å². The molecule has 0 N–H and O–H groups in total. The van der Waals surface area contributed by atoms with Crippen LogP contribution in [0.2, 0.25) is 0 Å². The third-order valence-electron chi connectivity index (χ3n) is 4.02. The van der Waals surface area contributed by atoms with E-state index < -0.39 is 0 Å². The van der Waals surface area contributed by atoms with Gasteiger partial charge in [-0.05, 0) is 49.4 Å². The molecule has 3 aromatic rings.